The van der Waals surface area contributed by atoms with Crippen LogP contribution in [0.15, 0.2) is 15.2 Å². The van der Waals surface area contributed by atoms with Crippen LogP contribution in [0.25, 0.3) is 0 Å². The number of ether oxygens (including phenoxy) is 1. The number of nitrogens with one attached hydrogen (secondary N) is 2. The van der Waals surface area contributed by atoms with Crippen LogP contribution in [0.1, 0.15) is 26.3 Å². The number of hydrazine groups is 1. The van der Waals surface area contributed by atoms with Gasteiger partial charge in [0.05, 0.1) is 3.79 Å². The van der Waals surface area contributed by atoms with Crippen LogP contribution in [0.3, 0.4) is 0 Å². The van der Waals surface area contributed by atoms with E-state index in [1.54, 1.807) is 11.3 Å². The van der Waals surface area contributed by atoms with Gasteiger partial charge in [0.2, 0.25) is 0 Å². The molecule has 6 heteroatoms. The van der Waals surface area contributed by atoms with Crippen molar-refractivity contribution >= 4 is 33.4 Å². The Morgan fingerprint density at radius 3 is 2.75 bits per heavy atom. The average Bonchev–Trinajstić information content (AvgIpc) is 2.48. The summed E-state index contributed by atoms with van der Waals surface area (Å²) in [5.74, 6) is 0. The van der Waals surface area contributed by atoms with Crippen LogP contribution in [0, 0.1) is 0 Å². The summed E-state index contributed by atoms with van der Waals surface area (Å²) in [6.07, 6.45) is -0.471. The number of thiophene rings is 1. The zero-order chi connectivity index (χ0) is 12.2. The summed E-state index contributed by atoms with van der Waals surface area (Å²) in [4.78, 5) is 11.3. The molecule has 1 aromatic rings. The number of hydrogen-bond acceptors (Lipinski definition) is 4. The lowest BCUT2D eigenvalue weighted by Crippen LogP contribution is -2.40. The number of rotatable bonds is 3. The maximum absolute atomic E-state index is 11.3. The van der Waals surface area contributed by atoms with Gasteiger partial charge < -0.3 is 4.74 Å². The van der Waals surface area contributed by atoms with E-state index in [1.165, 1.54) is 0 Å². The second-order valence-corrected chi connectivity index (χ2v) is 6.53. The quantitative estimate of drug-likeness (QED) is 0.844. The topological polar surface area (TPSA) is 50.4 Å². The van der Waals surface area contributed by atoms with Gasteiger partial charge in [0.25, 0.3) is 0 Å². The van der Waals surface area contributed by atoms with E-state index in [9.17, 15) is 4.79 Å². The summed E-state index contributed by atoms with van der Waals surface area (Å²) in [5.41, 5.74) is 5.90. The third-order valence-electron chi connectivity index (χ3n) is 1.50. The predicted molar refractivity (Wildman–Crippen MR) is 68.2 cm³/mol. The van der Waals surface area contributed by atoms with Crippen LogP contribution < -0.4 is 10.9 Å². The zero-order valence-corrected chi connectivity index (χ0v) is 11.9. The fourth-order valence-corrected chi connectivity index (χ4v) is 2.17. The van der Waals surface area contributed by atoms with Crippen molar-refractivity contribution < 1.29 is 9.53 Å². The van der Waals surface area contributed by atoms with Crippen molar-refractivity contribution in [3.05, 3.63) is 20.8 Å². The minimum absolute atomic E-state index is 0.471. The van der Waals surface area contributed by atoms with Crippen molar-refractivity contribution in [2.75, 3.05) is 0 Å². The van der Waals surface area contributed by atoms with Crippen molar-refractivity contribution in [2.45, 2.75) is 32.9 Å². The number of carbonyl (C=O) groups is 1. The molecule has 0 aromatic carbocycles. The van der Waals surface area contributed by atoms with Crippen molar-refractivity contribution in [1.82, 2.24) is 10.9 Å². The fourth-order valence-electron chi connectivity index (χ4n) is 0.961. The largest absolute Gasteiger partial charge is 0.443 e. The van der Waals surface area contributed by atoms with Gasteiger partial charge in [-0.25, -0.2) is 10.2 Å². The maximum Gasteiger partial charge on any atom is 0.422 e. The molecule has 0 saturated heterocycles. The minimum Gasteiger partial charge on any atom is -0.443 e. The smallest absolute Gasteiger partial charge is 0.422 e. The molecule has 1 rings (SSSR count). The molecule has 0 fully saturated rings. The van der Waals surface area contributed by atoms with Gasteiger partial charge in [-0.1, -0.05) is 0 Å². The van der Waals surface area contributed by atoms with E-state index in [0.29, 0.717) is 6.54 Å². The van der Waals surface area contributed by atoms with E-state index in [1.807, 2.05) is 32.2 Å². The first-order valence-corrected chi connectivity index (χ1v) is 6.49. The first-order chi connectivity index (χ1) is 7.37. The summed E-state index contributed by atoms with van der Waals surface area (Å²) in [6, 6.07) is 1.99. The van der Waals surface area contributed by atoms with Crippen LogP contribution >= 0.6 is 27.3 Å². The molecule has 4 nitrogen and oxygen atoms in total. The second-order valence-electron chi connectivity index (χ2n) is 4.24. The lowest BCUT2D eigenvalue weighted by Gasteiger charge is -2.19. The highest BCUT2D eigenvalue weighted by Gasteiger charge is 2.15. The van der Waals surface area contributed by atoms with Crippen LogP contribution in [0.2, 0.25) is 0 Å². The van der Waals surface area contributed by atoms with Gasteiger partial charge >= 0.3 is 6.09 Å². The van der Waals surface area contributed by atoms with Gasteiger partial charge in [-0.3, -0.25) is 5.43 Å². The monoisotopic (exact) mass is 306 g/mol. The average molecular weight is 307 g/mol. The molecule has 16 heavy (non-hydrogen) atoms. The molecule has 0 unspecified atom stereocenters. The van der Waals surface area contributed by atoms with E-state index in [-0.39, 0.29) is 0 Å². The number of halogens is 1. The molecule has 0 aliphatic heterocycles. The lowest BCUT2D eigenvalue weighted by molar-refractivity contribution is 0.0497. The molecule has 0 bridgehead atoms. The van der Waals surface area contributed by atoms with E-state index in [2.05, 4.69) is 26.8 Å². The highest BCUT2D eigenvalue weighted by atomic mass is 79.9. The lowest BCUT2D eigenvalue weighted by atomic mass is 10.2. The number of amides is 1. The molecule has 0 radical (unpaired) electrons. The molecule has 1 amide bonds. The Hall–Kier alpha value is -0.590. The van der Waals surface area contributed by atoms with Crippen molar-refractivity contribution in [1.29, 1.82) is 0 Å². The Morgan fingerprint density at radius 1 is 1.56 bits per heavy atom. The van der Waals surface area contributed by atoms with Crippen molar-refractivity contribution in [2.24, 2.45) is 0 Å². The predicted octanol–water partition coefficient (Wildman–Crippen LogP) is 3.04. The van der Waals surface area contributed by atoms with E-state index >= 15 is 0 Å². The van der Waals surface area contributed by atoms with Crippen LogP contribution in [0.4, 0.5) is 4.79 Å². The van der Waals surface area contributed by atoms with Crippen LogP contribution in [0.5, 0.6) is 0 Å². The molecule has 0 saturated carbocycles. The van der Waals surface area contributed by atoms with Gasteiger partial charge in [-0.15, -0.1) is 11.3 Å². The third kappa shape index (κ3) is 5.48. The molecule has 0 aliphatic rings. The zero-order valence-electron chi connectivity index (χ0n) is 9.46. The summed E-state index contributed by atoms with van der Waals surface area (Å²) < 4.78 is 6.13. The minimum atomic E-state index is -0.475. The maximum atomic E-state index is 11.3. The van der Waals surface area contributed by atoms with Gasteiger partial charge in [0.1, 0.15) is 5.60 Å². The molecule has 0 atom stereocenters. The highest BCUT2D eigenvalue weighted by molar-refractivity contribution is 9.11. The Balaban J connectivity index is 2.23. The van der Waals surface area contributed by atoms with E-state index < -0.39 is 11.7 Å². The van der Waals surface area contributed by atoms with Gasteiger partial charge in [0, 0.05) is 6.54 Å². The van der Waals surface area contributed by atoms with Crippen LogP contribution in [-0.4, -0.2) is 11.7 Å². The summed E-state index contributed by atoms with van der Waals surface area (Å²) in [6.45, 7) is 6.04. The summed E-state index contributed by atoms with van der Waals surface area (Å²) >= 11 is 4.98. The highest BCUT2D eigenvalue weighted by Crippen LogP contribution is 2.20. The van der Waals surface area contributed by atoms with Gasteiger partial charge in [0.15, 0.2) is 0 Å². The third-order valence-corrected chi connectivity index (χ3v) is 3.06. The molecule has 1 heterocycles. The molecule has 0 spiro atoms. The van der Waals surface area contributed by atoms with E-state index in [4.69, 9.17) is 4.74 Å². The Morgan fingerprint density at radius 2 is 2.25 bits per heavy atom. The summed E-state index contributed by atoms with van der Waals surface area (Å²) in [5, 5.41) is 2.01. The normalized spacial score (nSPS) is 11.2. The number of hydrogen-bond donors (Lipinski definition) is 2. The first-order valence-electron chi connectivity index (χ1n) is 4.81. The Labute approximate surface area is 107 Å². The molecule has 90 valence electrons. The standard InChI is InChI=1S/C10H15BrN2O2S/c1-10(2,3)15-9(14)13-12-5-7-4-8(11)16-6-7/h4,6,12H,5H2,1-3H3,(H,13,14). The fraction of sp³-hybridized carbons (Fsp3) is 0.500. The molecule has 1 aromatic heterocycles. The second kappa shape index (κ2) is 5.65. The van der Waals surface area contributed by atoms with Gasteiger partial charge in [-0.2, -0.15) is 0 Å². The van der Waals surface area contributed by atoms with Crippen molar-refractivity contribution in [3.8, 4) is 0 Å². The number of carbonyl (C=O) groups excluding carboxylic acids is 1. The van der Waals surface area contributed by atoms with Crippen molar-refractivity contribution in [3.63, 3.8) is 0 Å². The molecule has 2 N–H and O–H groups in total. The van der Waals surface area contributed by atoms with Gasteiger partial charge in [-0.05, 0) is 53.7 Å². The van der Waals surface area contributed by atoms with E-state index in [0.717, 1.165) is 9.35 Å². The molecular formula is C10H15BrN2O2S. The first kappa shape index (κ1) is 13.5. The molecule has 0 aliphatic carbocycles. The Bertz CT molecular complexity index is 360. The SMILES string of the molecule is CC(C)(C)OC(=O)NNCc1csc(Br)c1. The summed E-state index contributed by atoms with van der Waals surface area (Å²) in [7, 11) is 0. The molecular weight excluding hydrogens is 292 g/mol. The van der Waals surface area contributed by atoms with Crippen LogP contribution in [-0.2, 0) is 11.3 Å². The Kier molecular flexibility index (Phi) is 4.76.